The molecule has 1 aromatic heterocycles. The van der Waals surface area contributed by atoms with Gasteiger partial charge in [0.25, 0.3) is 5.91 Å². The number of ether oxygens (including phenoxy) is 1. The van der Waals surface area contributed by atoms with E-state index in [0.29, 0.717) is 23.6 Å². The molecule has 1 aliphatic rings. The van der Waals surface area contributed by atoms with Crippen molar-refractivity contribution in [2.75, 3.05) is 55.9 Å². The molecule has 0 bridgehead atoms. The third kappa shape index (κ3) is 5.25. The van der Waals surface area contributed by atoms with Crippen LogP contribution in [0.2, 0.25) is 0 Å². The van der Waals surface area contributed by atoms with Crippen molar-refractivity contribution in [2.24, 2.45) is 0 Å². The largest absolute Gasteiger partial charge is 0.393 e. The first-order valence-electron chi connectivity index (χ1n) is 8.60. The standard InChI is InChI=1S/C17H22FN7O2/c18-13-3-1-12(2-4-13)17(26)24-23-16-14(19)15(21-11-22-16)20-5-6-25-7-9-27-10-8-25/h1-4,11H,5-10,19H2,(H,24,26)(H2,20,21,22,23). The summed E-state index contributed by atoms with van der Waals surface area (Å²) >= 11 is 0. The molecule has 10 heteroatoms. The summed E-state index contributed by atoms with van der Waals surface area (Å²) in [5.74, 6) is -0.0895. The molecule has 9 nitrogen and oxygen atoms in total. The van der Waals surface area contributed by atoms with Crippen LogP contribution in [-0.4, -0.2) is 60.2 Å². The Balaban J connectivity index is 1.52. The van der Waals surface area contributed by atoms with Gasteiger partial charge < -0.3 is 15.8 Å². The SMILES string of the molecule is Nc1c(NCCN2CCOCC2)ncnc1NNC(=O)c1ccc(F)cc1. The molecule has 5 N–H and O–H groups in total. The Morgan fingerprint density at radius 2 is 1.89 bits per heavy atom. The molecule has 2 heterocycles. The summed E-state index contributed by atoms with van der Waals surface area (Å²) < 4.78 is 18.2. The zero-order valence-electron chi connectivity index (χ0n) is 14.7. The second kappa shape index (κ2) is 9.10. The van der Waals surface area contributed by atoms with Crippen molar-refractivity contribution < 1.29 is 13.9 Å². The summed E-state index contributed by atoms with van der Waals surface area (Å²) in [4.78, 5) is 22.5. The average molecular weight is 375 g/mol. The second-order valence-electron chi connectivity index (χ2n) is 5.95. The Morgan fingerprint density at radius 3 is 2.63 bits per heavy atom. The maximum atomic E-state index is 12.9. The van der Waals surface area contributed by atoms with Crippen molar-refractivity contribution in [1.29, 1.82) is 0 Å². The number of nitrogens with zero attached hydrogens (tertiary/aromatic N) is 3. The number of nitrogens with two attached hydrogens (primary N) is 1. The highest BCUT2D eigenvalue weighted by molar-refractivity contribution is 5.95. The van der Waals surface area contributed by atoms with Crippen molar-refractivity contribution >= 4 is 23.2 Å². The van der Waals surface area contributed by atoms with Gasteiger partial charge in [0.2, 0.25) is 0 Å². The van der Waals surface area contributed by atoms with Crippen molar-refractivity contribution in [3.63, 3.8) is 0 Å². The van der Waals surface area contributed by atoms with E-state index in [1.165, 1.54) is 30.6 Å². The van der Waals surface area contributed by atoms with Gasteiger partial charge in [-0.3, -0.25) is 20.5 Å². The third-order valence-electron chi connectivity index (χ3n) is 4.11. The van der Waals surface area contributed by atoms with Crippen LogP contribution >= 0.6 is 0 Å². The highest BCUT2D eigenvalue weighted by Crippen LogP contribution is 2.21. The third-order valence-corrected chi connectivity index (χ3v) is 4.11. The number of anilines is 3. The number of benzene rings is 1. The first-order chi connectivity index (χ1) is 13.1. The average Bonchev–Trinajstić information content (AvgIpc) is 2.69. The zero-order valence-corrected chi connectivity index (χ0v) is 14.7. The lowest BCUT2D eigenvalue weighted by molar-refractivity contribution is 0.0398. The van der Waals surface area contributed by atoms with E-state index in [1.54, 1.807) is 0 Å². The van der Waals surface area contributed by atoms with E-state index in [0.717, 1.165) is 32.8 Å². The van der Waals surface area contributed by atoms with E-state index >= 15 is 0 Å². The number of carbonyl (C=O) groups excluding carboxylic acids is 1. The molecule has 0 saturated carbocycles. The predicted octanol–water partition coefficient (Wildman–Crippen LogP) is 0.699. The first-order valence-corrected chi connectivity index (χ1v) is 8.60. The van der Waals surface area contributed by atoms with Gasteiger partial charge in [-0.2, -0.15) is 0 Å². The number of hydrogen-bond donors (Lipinski definition) is 4. The van der Waals surface area contributed by atoms with Gasteiger partial charge in [-0.05, 0) is 24.3 Å². The molecule has 0 unspecified atom stereocenters. The quantitative estimate of drug-likeness (QED) is 0.523. The molecule has 0 radical (unpaired) electrons. The van der Waals surface area contributed by atoms with Crippen LogP contribution in [0.25, 0.3) is 0 Å². The Bertz CT molecular complexity index is 766. The molecule has 0 spiro atoms. The summed E-state index contributed by atoms with van der Waals surface area (Å²) in [6.07, 6.45) is 1.35. The number of hydrogen-bond acceptors (Lipinski definition) is 8. The van der Waals surface area contributed by atoms with Crippen LogP contribution in [0.1, 0.15) is 10.4 Å². The van der Waals surface area contributed by atoms with E-state index < -0.39 is 11.7 Å². The number of nitrogen functional groups attached to an aromatic ring is 1. The van der Waals surface area contributed by atoms with Crippen LogP contribution in [0.4, 0.5) is 21.7 Å². The Hall–Kier alpha value is -2.98. The lowest BCUT2D eigenvalue weighted by atomic mass is 10.2. The number of morpholine rings is 1. The fraction of sp³-hybridized carbons (Fsp3) is 0.353. The minimum absolute atomic E-state index is 0.273. The Kier molecular flexibility index (Phi) is 6.34. The maximum Gasteiger partial charge on any atom is 0.269 e. The molecule has 1 amide bonds. The topological polar surface area (TPSA) is 117 Å². The molecule has 0 atom stereocenters. The highest BCUT2D eigenvalue weighted by Gasteiger charge is 2.12. The van der Waals surface area contributed by atoms with Crippen LogP contribution in [0, 0.1) is 5.82 Å². The summed E-state index contributed by atoms with van der Waals surface area (Å²) in [5.41, 5.74) is 11.8. The molecule has 1 saturated heterocycles. The van der Waals surface area contributed by atoms with Crippen LogP contribution in [0.15, 0.2) is 30.6 Å². The van der Waals surface area contributed by atoms with Crippen molar-refractivity contribution in [3.05, 3.63) is 42.0 Å². The van der Waals surface area contributed by atoms with Crippen molar-refractivity contribution in [2.45, 2.75) is 0 Å². The van der Waals surface area contributed by atoms with Gasteiger partial charge in [-0.25, -0.2) is 14.4 Å². The fourth-order valence-electron chi connectivity index (χ4n) is 2.58. The van der Waals surface area contributed by atoms with E-state index in [1.807, 2.05) is 0 Å². The number of carbonyl (C=O) groups is 1. The summed E-state index contributed by atoms with van der Waals surface area (Å²) in [6.45, 7) is 4.82. The van der Waals surface area contributed by atoms with Crippen LogP contribution < -0.4 is 21.9 Å². The molecule has 1 aliphatic heterocycles. The molecule has 1 fully saturated rings. The monoisotopic (exact) mass is 375 g/mol. The van der Waals surface area contributed by atoms with E-state index in [4.69, 9.17) is 10.5 Å². The van der Waals surface area contributed by atoms with Crippen LogP contribution in [-0.2, 0) is 4.74 Å². The first kappa shape index (κ1) is 18.8. The number of rotatable bonds is 7. The number of nitrogens with one attached hydrogen (secondary N) is 3. The molecule has 2 aromatic rings. The van der Waals surface area contributed by atoms with Gasteiger partial charge in [0, 0.05) is 31.7 Å². The maximum absolute atomic E-state index is 12.9. The van der Waals surface area contributed by atoms with Gasteiger partial charge in [-0.1, -0.05) is 0 Å². The molecular formula is C17H22FN7O2. The number of halogens is 1. The number of aromatic nitrogens is 2. The lowest BCUT2D eigenvalue weighted by Gasteiger charge is -2.26. The van der Waals surface area contributed by atoms with E-state index in [2.05, 4.69) is 31.0 Å². The second-order valence-corrected chi connectivity index (χ2v) is 5.95. The predicted molar refractivity (Wildman–Crippen MR) is 99.7 cm³/mol. The highest BCUT2D eigenvalue weighted by atomic mass is 19.1. The van der Waals surface area contributed by atoms with Crippen LogP contribution in [0.5, 0.6) is 0 Å². The summed E-state index contributed by atoms with van der Waals surface area (Å²) in [6, 6.07) is 5.19. The fourth-order valence-corrected chi connectivity index (χ4v) is 2.58. The van der Waals surface area contributed by atoms with Gasteiger partial charge in [0.05, 0.1) is 13.2 Å². The zero-order chi connectivity index (χ0) is 19.1. The Morgan fingerprint density at radius 1 is 1.19 bits per heavy atom. The molecule has 27 heavy (non-hydrogen) atoms. The number of amides is 1. The van der Waals surface area contributed by atoms with E-state index in [9.17, 15) is 9.18 Å². The normalized spacial score (nSPS) is 14.6. The molecule has 1 aromatic carbocycles. The summed E-state index contributed by atoms with van der Waals surface area (Å²) in [5, 5.41) is 3.17. The lowest BCUT2D eigenvalue weighted by Crippen LogP contribution is -2.39. The smallest absolute Gasteiger partial charge is 0.269 e. The number of hydrazine groups is 1. The minimum atomic E-state index is -0.435. The van der Waals surface area contributed by atoms with Gasteiger partial charge in [0.15, 0.2) is 11.6 Å². The van der Waals surface area contributed by atoms with Gasteiger partial charge >= 0.3 is 0 Å². The van der Waals surface area contributed by atoms with Crippen molar-refractivity contribution in [3.8, 4) is 0 Å². The van der Waals surface area contributed by atoms with Gasteiger partial charge in [0.1, 0.15) is 17.8 Å². The molecule has 144 valence electrons. The summed E-state index contributed by atoms with van der Waals surface area (Å²) in [7, 11) is 0. The minimum Gasteiger partial charge on any atom is -0.393 e. The Labute approximate surface area is 156 Å². The van der Waals surface area contributed by atoms with Gasteiger partial charge in [-0.15, -0.1) is 0 Å². The molecule has 3 rings (SSSR count). The van der Waals surface area contributed by atoms with Crippen LogP contribution in [0.3, 0.4) is 0 Å². The molecule has 0 aliphatic carbocycles. The van der Waals surface area contributed by atoms with E-state index in [-0.39, 0.29) is 5.82 Å². The molecular weight excluding hydrogens is 353 g/mol. The van der Waals surface area contributed by atoms with Crippen molar-refractivity contribution in [1.82, 2.24) is 20.3 Å².